The summed E-state index contributed by atoms with van der Waals surface area (Å²) in [4.78, 5) is 4.59. The van der Waals surface area contributed by atoms with Crippen molar-refractivity contribution in [2.45, 2.75) is 51.4 Å². The molecule has 3 fully saturated rings. The smallest absolute Gasteiger partial charge is 0.188 e. The van der Waals surface area contributed by atoms with Gasteiger partial charge in [-0.3, -0.25) is 4.99 Å². The van der Waals surface area contributed by atoms with Crippen LogP contribution in [-0.2, 0) is 0 Å². The van der Waals surface area contributed by atoms with E-state index in [1.807, 2.05) is 0 Å². The average molecular weight is 235 g/mol. The number of guanidine groups is 1. The maximum Gasteiger partial charge on any atom is 0.188 e. The second-order valence-electron chi connectivity index (χ2n) is 6.37. The highest BCUT2D eigenvalue weighted by Crippen LogP contribution is 2.57. The Morgan fingerprint density at radius 1 is 1.18 bits per heavy atom. The Labute approximate surface area is 104 Å². The average Bonchev–Trinajstić information content (AvgIpc) is 2.98. The third kappa shape index (κ3) is 2.43. The van der Waals surface area contributed by atoms with Gasteiger partial charge in [0.25, 0.3) is 0 Å². The quantitative estimate of drug-likeness (QED) is 0.567. The van der Waals surface area contributed by atoms with E-state index in [1.165, 1.54) is 51.4 Å². The normalized spacial score (nSPS) is 28.4. The molecule has 0 aromatic carbocycles. The Bertz CT molecular complexity index is 299. The lowest BCUT2D eigenvalue weighted by molar-refractivity contribution is 0.113. The van der Waals surface area contributed by atoms with Gasteiger partial charge in [-0.05, 0) is 55.8 Å². The van der Waals surface area contributed by atoms with Gasteiger partial charge in [0.15, 0.2) is 5.96 Å². The summed E-state index contributed by atoms with van der Waals surface area (Å²) < 4.78 is 0. The van der Waals surface area contributed by atoms with Crippen molar-refractivity contribution in [2.75, 3.05) is 13.1 Å². The van der Waals surface area contributed by atoms with Gasteiger partial charge in [0, 0.05) is 13.1 Å². The maximum absolute atomic E-state index is 5.95. The number of nitrogens with two attached hydrogens (primary N) is 1. The van der Waals surface area contributed by atoms with Crippen LogP contribution in [0.15, 0.2) is 4.99 Å². The van der Waals surface area contributed by atoms with Gasteiger partial charge in [-0.25, -0.2) is 0 Å². The van der Waals surface area contributed by atoms with Crippen molar-refractivity contribution >= 4 is 5.96 Å². The minimum absolute atomic E-state index is 0.558. The fourth-order valence-corrected chi connectivity index (χ4v) is 3.27. The molecule has 0 atom stereocenters. The summed E-state index contributed by atoms with van der Waals surface area (Å²) in [5, 5.41) is 3.29. The number of aliphatic imine (C=N–C) groups is 1. The molecule has 0 aromatic heterocycles. The summed E-state index contributed by atoms with van der Waals surface area (Å²) >= 11 is 0. The Balaban J connectivity index is 1.44. The molecule has 3 saturated carbocycles. The van der Waals surface area contributed by atoms with Crippen molar-refractivity contribution in [1.82, 2.24) is 5.32 Å². The summed E-state index contributed by atoms with van der Waals surface area (Å²) in [5.74, 6) is 2.51. The molecule has 17 heavy (non-hydrogen) atoms. The van der Waals surface area contributed by atoms with Gasteiger partial charge in [-0.15, -0.1) is 0 Å². The van der Waals surface area contributed by atoms with Gasteiger partial charge in [0.1, 0.15) is 0 Å². The van der Waals surface area contributed by atoms with Gasteiger partial charge >= 0.3 is 0 Å². The predicted octanol–water partition coefficient (Wildman–Crippen LogP) is 2.27. The van der Waals surface area contributed by atoms with E-state index in [4.69, 9.17) is 5.73 Å². The molecule has 3 aliphatic rings. The molecule has 3 aliphatic carbocycles. The highest BCUT2D eigenvalue weighted by Gasteiger charge is 2.48. The monoisotopic (exact) mass is 235 g/mol. The molecule has 0 amide bonds. The molecule has 3 nitrogen and oxygen atoms in total. The third-order valence-electron chi connectivity index (χ3n) is 5.15. The van der Waals surface area contributed by atoms with Gasteiger partial charge in [-0.2, -0.15) is 0 Å². The first kappa shape index (κ1) is 11.4. The topological polar surface area (TPSA) is 50.4 Å². The standard InChI is InChI=1S/C14H25N3/c15-13(16-9-11-3-1-4-11)17-10-14(7-2-8-14)12-5-6-12/h11-12H,1-10H2,(H3,15,16,17). The summed E-state index contributed by atoms with van der Waals surface area (Å²) in [6.45, 7) is 2.01. The molecule has 0 heterocycles. The van der Waals surface area contributed by atoms with Crippen LogP contribution in [0.4, 0.5) is 0 Å². The maximum atomic E-state index is 5.95. The van der Waals surface area contributed by atoms with Crippen LogP contribution in [0.5, 0.6) is 0 Å². The van der Waals surface area contributed by atoms with Crippen molar-refractivity contribution in [3.63, 3.8) is 0 Å². The Hall–Kier alpha value is -0.730. The molecule has 0 aliphatic heterocycles. The Morgan fingerprint density at radius 3 is 2.41 bits per heavy atom. The fourth-order valence-electron chi connectivity index (χ4n) is 3.27. The highest BCUT2D eigenvalue weighted by atomic mass is 15.1. The van der Waals surface area contributed by atoms with Crippen molar-refractivity contribution in [3.05, 3.63) is 0 Å². The summed E-state index contributed by atoms with van der Waals surface area (Å²) in [7, 11) is 0. The molecular weight excluding hydrogens is 210 g/mol. The van der Waals surface area contributed by atoms with Crippen LogP contribution >= 0.6 is 0 Å². The van der Waals surface area contributed by atoms with Crippen LogP contribution in [0.25, 0.3) is 0 Å². The summed E-state index contributed by atoms with van der Waals surface area (Å²) in [5.41, 5.74) is 6.50. The molecule has 0 spiro atoms. The molecule has 3 heteroatoms. The molecule has 3 N–H and O–H groups in total. The van der Waals surface area contributed by atoms with E-state index in [9.17, 15) is 0 Å². The zero-order chi connectivity index (χ0) is 11.7. The van der Waals surface area contributed by atoms with Crippen molar-refractivity contribution in [3.8, 4) is 0 Å². The lowest BCUT2D eigenvalue weighted by Crippen LogP contribution is -2.40. The molecule has 96 valence electrons. The van der Waals surface area contributed by atoms with Crippen LogP contribution in [0, 0.1) is 17.3 Å². The molecule has 3 rings (SSSR count). The van der Waals surface area contributed by atoms with E-state index >= 15 is 0 Å². The first-order chi connectivity index (χ1) is 8.28. The fraction of sp³-hybridized carbons (Fsp3) is 0.929. The van der Waals surface area contributed by atoms with Crippen molar-refractivity contribution in [2.24, 2.45) is 28.0 Å². The number of rotatable bonds is 5. The third-order valence-corrected chi connectivity index (χ3v) is 5.15. The highest BCUT2D eigenvalue weighted by molar-refractivity contribution is 5.77. The zero-order valence-corrected chi connectivity index (χ0v) is 10.8. The Kier molecular flexibility index (Phi) is 3.01. The second kappa shape index (κ2) is 4.51. The van der Waals surface area contributed by atoms with Gasteiger partial charge in [0.2, 0.25) is 0 Å². The lowest BCUT2D eigenvalue weighted by Gasteiger charge is -2.41. The Morgan fingerprint density at radius 2 is 1.94 bits per heavy atom. The minimum Gasteiger partial charge on any atom is -0.370 e. The SMILES string of the molecule is NC(=NCC1(C2CC2)CCC1)NCC1CCC1. The largest absolute Gasteiger partial charge is 0.370 e. The van der Waals surface area contributed by atoms with E-state index in [1.54, 1.807) is 0 Å². The number of hydrogen-bond acceptors (Lipinski definition) is 1. The van der Waals surface area contributed by atoms with Crippen molar-refractivity contribution in [1.29, 1.82) is 0 Å². The lowest BCUT2D eigenvalue weighted by atomic mass is 9.65. The van der Waals surface area contributed by atoms with Crippen LogP contribution < -0.4 is 11.1 Å². The first-order valence-corrected chi connectivity index (χ1v) is 7.32. The molecule has 0 saturated heterocycles. The van der Waals surface area contributed by atoms with Crippen LogP contribution in [0.1, 0.15) is 51.4 Å². The number of hydrogen-bond donors (Lipinski definition) is 2. The molecular formula is C14H25N3. The molecule has 0 aromatic rings. The molecule has 0 unspecified atom stereocenters. The van der Waals surface area contributed by atoms with E-state index in [0.29, 0.717) is 11.4 Å². The predicted molar refractivity (Wildman–Crippen MR) is 70.8 cm³/mol. The van der Waals surface area contributed by atoms with Gasteiger partial charge < -0.3 is 11.1 Å². The van der Waals surface area contributed by atoms with E-state index in [2.05, 4.69) is 10.3 Å². The van der Waals surface area contributed by atoms with Crippen molar-refractivity contribution < 1.29 is 0 Å². The van der Waals surface area contributed by atoms with Crippen LogP contribution in [0.3, 0.4) is 0 Å². The van der Waals surface area contributed by atoms with Crippen LogP contribution in [0.2, 0.25) is 0 Å². The minimum atomic E-state index is 0.558. The summed E-state index contributed by atoms with van der Waals surface area (Å²) in [6, 6.07) is 0. The number of nitrogens with one attached hydrogen (secondary N) is 1. The van der Waals surface area contributed by atoms with E-state index < -0.39 is 0 Å². The van der Waals surface area contributed by atoms with Gasteiger partial charge in [-0.1, -0.05) is 12.8 Å². The van der Waals surface area contributed by atoms with E-state index in [-0.39, 0.29) is 0 Å². The van der Waals surface area contributed by atoms with Crippen LogP contribution in [-0.4, -0.2) is 19.0 Å². The van der Waals surface area contributed by atoms with Gasteiger partial charge in [0.05, 0.1) is 0 Å². The van der Waals surface area contributed by atoms with E-state index in [0.717, 1.165) is 24.9 Å². The number of nitrogens with zero attached hydrogens (tertiary/aromatic N) is 1. The summed E-state index contributed by atoms with van der Waals surface area (Å²) in [6.07, 6.45) is 11.2. The second-order valence-corrected chi connectivity index (χ2v) is 6.37. The molecule has 0 bridgehead atoms. The molecule has 0 radical (unpaired) electrons. The zero-order valence-electron chi connectivity index (χ0n) is 10.8. The first-order valence-electron chi connectivity index (χ1n) is 7.32.